The van der Waals surface area contributed by atoms with Crippen LogP contribution in [0.5, 0.6) is 5.75 Å². The molecule has 18 heavy (non-hydrogen) atoms. The first-order valence-electron chi connectivity index (χ1n) is 6.44. The number of ether oxygens (including phenoxy) is 1. The van der Waals surface area contributed by atoms with E-state index in [0.29, 0.717) is 6.04 Å². The molecule has 1 aliphatic carbocycles. The minimum Gasteiger partial charge on any atom is -0.497 e. The lowest BCUT2D eigenvalue weighted by Gasteiger charge is -2.20. The Hall–Kier alpha value is -1.29. The van der Waals surface area contributed by atoms with Gasteiger partial charge in [0, 0.05) is 6.04 Å². The molecule has 0 unspecified atom stereocenters. The Balaban J connectivity index is 1.95. The van der Waals surface area contributed by atoms with Crippen LogP contribution in [0, 0.1) is 0 Å². The second kappa shape index (κ2) is 6.05. The van der Waals surface area contributed by atoms with Crippen LogP contribution >= 0.6 is 12.2 Å². The van der Waals surface area contributed by atoms with E-state index in [2.05, 4.69) is 29.7 Å². The van der Waals surface area contributed by atoms with Crippen LogP contribution in [0.25, 0.3) is 0 Å². The quantitative estimate of drug-likeness (QED) is 0.801. The fourth-order valence-corrected chi connectivity index (χ4v) is 2.18. The van der Waals surface area contributed by atoms with Crippen molar-refractivity contribution in [1.82, 2.24) is 10.6 Å². The molecule has 0 saturated heterocycles. The van der Waals surface area contributed by atoms with Crippen LogP contribution in [0.4, 0.5) is 0 Å². The van der Waals surface area contributed by atoms with Crippen LogP contribution in [-0.4, -0.2) is 18.3 Å². The van der Waals surface area contributed by atoms with Crippen LogP contribution in [0.15, 0.2) is 24.3 Å². The second-order valence-corrected chi connectivity index (χ2v) is 5.03. The van der Waals surface area contributed by atoms with Crippen molar-refractivity contribution >= 4 is 17.3 Å². The first-order chi connectivity index (χ1) is 8.72. The third-order valence-electron chi connectivity index (χ3n) is 3.14. The van der Waals surface area contributed by atoms with E-state index >= 15 is 0 Å². The Morgan fingerprint density at radius 3 is 2.56 bits per heavy atom. The number of hydrogen-bond donors (Lipinski definition) is 2. The number of benzene rings is 1. The standard InChI is InChI=1S/C14H20N2OS/c1-3-13(16-14(18)15-11-6-7-11)10-4-8-12(17-2)9-5-10/h4-5,8-9,11,13H,3,6-7H2,1-2H3,(H2,15,16,18)/t13-/m0/s1. The number of hydrogen-bond acceptors (Lipinski definition) is 2. The van der Waals surface area contributed by atoms with Crippen LogP contribution in [0.3, 0.4) is 0 Å². The highest BCUT2D eigenvalue weighted by atomic mass is 32.1. The second-order valence-electron chi connectivity index (χ2n) is 4.63. The molecular formula is C14H20N2OS. The molecule has 0 spiro atoms. The summed E-state index contributed by atoms with van der Waals surface area (Å²) in [5, 5.41) is 7.44. The molecule has 98 valence electrons. The first-order valence-corrected chi connectivity index (χ1v) is 6.84. The normalized spacial score (nSPS) is 15.9. The molecule has 1 aromatic rings. The number of rotatable bonds is 5. The van der Waals surface area contributed by atoms with Crippen molar-refractivity contribution in [3.8, 4) is 5.75 Å². The third kappa shape index (κ3) is 3.60. The van der Waals surface area contributed by atoms with E-state index in [1.807, 2.05) is 12.1 Å². The highest BCUT2D eigenvalue weighted by Gasteiger charge is 2.22. The maximum absolute atomic E-state index is 5.31. The van der Waals surface area contributed by atoms with Gasteiger partial charge in [-0.25, -0.2) is 0 Å². The highest BCUT2D eigenvalue weighted by molar-refractivity contribution is 7.80. The van der Waals surface area contributed by atoms with Crippen molar-refractivity contribution in [1.29, 1.82) is 0 Å². The Morgan fingerprint density at radius 1 is 1.39 bits per heavy atom. The minimum absolute atomic E-state index is 0.259. The largest absolute Gasteiger partial charge is 0.497 e. The lowest BCUT2D eigenvalue weighted by Crippen LogP contribution is -2.38. The van der Waals surface area contributed by atoms with Crippen molar-refractivity contribution in [2.75, 3.05) is 7.11 Å². The van der Waals surface area contributed by atoms with Gasteiger partial charge in [-0.05, 0) is 49.2 Å². The summed E-state index contributed by atoms with van der Waals surface area (Å²) in [5.41, 5.74) is 1.23. The van der Waals surface area contributed by atoms with Gasteiger partial charge in [0.15, 0.2) is 5.11 Å². The van der Waals surface area contributed by atoms with Gasteiger partial charge in [-0.1, -0.05) is 19.1 Å². The molecule has 2 rings (SSSR count). The van der Waals surface area contributed by atoms with Gasteiger partial charge < -0.3 is 15.4 Å². The summed E-state index contributed by atoms with van der Waals surface area (Å²) < 4.78 is 5.17. The molecule has 4 heteroatoms. The summed E-state index contributed by atoms with van der Waals surface area (Å²) in [6, 6.07) is 8.99. The number of thiocarbonyl (C=S) groups is 1. The first kappa shape index (κ1) is 13.1. The Morgan fingerprint density at radius 2 is 2.06 bits per heavy atom. The van der Waals surface area contributed by atoms with Crippen LogP contribution in [-0.2, 0) is 0 Å². The van der Waals surface area contributed by atoms with Crippen LogP contribution in [0.2, 0.25) is 0 Å². The van der Waals surface area contributed by atoms with Gasteiger partial charge in [-0.15, -0.1) is 0 Å². The molecule has 0 heterocycles. The van der Waals surface area contributed by atoms with Crippen molar-refractivity contribution in [3.63, 3.8) is 0 Å². The van der Waals surface area contributed by atoms with Crippen LogP contribution in [0.1, 0.15) is 37.8 Å². The zero-order chi connectivity index (χ0) is 13.0. The van der Waals surface area contributed by atoms with E-state index in [9.17, 15) is 0 Å². The monoisotopic (exact) mass is 264 g/mol. The number of nitrogens with one attached hydrogen (secondary N) is 2. The smallest absolute Gasteiger partial charge is 0.166 e. The van der Waals surface area contributed by atoms with Crippen molar-refractivity contribution in [2.24, 2.45) is 0 Å². The zero-order valence-corrected chi connectivity index (χ0v) is 11.7. The molecule has 1 atom stereocenters. The van der Waals surface area contributed by atoms with Crippen LogP contribution < -0.4 is 15.4 Å². The molecule has 0 amide bonds. The van der Waals surface area contributed by atoms with E-state index < -0.39 is 0 Å². The summed E-state index contributed by atoms with van der Waals surface area (Å²) in [6.45, 7) is 2.15. The summed E-state index contributed by atoms with van der Waals surface area (Å²) in [7, 11) is 1.68. The Labute approximate surface area is 114 Å². The van der Waals surface area contributed by atoms with E-state index in [-0.39, 0.29) is 6.04 Å². The molecule has 1 aromatic carbocycles. The van der Waals surface area contributed by atoms with E-state index in [1.54, 1.807) is 7.11 Å². The predicted octanol–water partition coefficient (Wildman–Crippen LogP) is 2.77. The number of methoxy groups -OCH3 is 1. The van der Waals surface area contributed by atoms with E-state index in [1.165, 1.54) is 18.4 Å². The molecule has 1 fully saturated rings. The van der Waals surface area contributed by atoms with Gasteiger partial charge >= 0.3 is 0 Å². The van der Waals surface area contributed by atoms with Gasteiger partial charge in [-0.3, -0.25) is 0 Å². The fraction of sp³-hybridized carbons (Fsp3) is 0.500. The van der Waals surface area contributed by atoms with Crippen molar-refractivity contribution in [2.45, 2.75) is 38.3 Å². The van der Waals surface area contributed by atoms with Gasteiger partial charge in [0.05, 0.1) is 13.2 Å². The molecule has 1 saturated carbocycles. The molecule has 0 radical (unpaired) electrons. The van der Waals surface area contributed by atoms with Gasteiger partial charge in [0.25, 0.3) is 0 Å². The lowest BCUT2D eigenvalue weighted by molar-refractivity contribution is 0.414. The SMILES string of the molecule is CC[C@H](NC(=S)NC1CC1)c1ccc(OC)cc1. The summed E-state index contributed by atoms with van der Waals surface area (Å²) in [6.07, 6.45) is 3.47. The summed E-state index contributed by atoms with van der Waals surface area (Å²) in [5.74, 6) is 0.882. The predicted molar refractivity (Wildman–Crippen MR) is 77.9 cm³/mol. The summed E-state index contributed by atoms with van der Waals surface area (Å²) >= 11 is 5.31. The Kier molecular flexibility index (Phi) is 4.42. The molecular weight excluding hydrogens is 244 g/mol. The molecule has 3 nitrogen and oxygen atoms in total. The average Bonchev–Trinajstić information content (AvgIpc) is 3.20. The molecule has 0 bridgehead atoms. The van der Waals surface area contributed by atoms with Crippen molar-refractivity contribution in [3.05, 3.63) is 29.8 Å². The summed E-state index contributed by atoms with van der Waals surface area (Å²) in [4.78, 5) is 0. The molecule has 2 N–H and O–H groups in total. The van der Waals surface area contributed by atoms with Gasteiger partial charge in [0.2, 0.25) is 0 Å². The zero-order valence-electron chi connectivity index (χ0n) is 10.9. The third-order valence-corrected chi connectivity index (χ3v) is 3.38. The van der Waals surface area contributed by atoms with Gasteiger partial charge in [0.1, 0.15) is 5.75 Å². The Bertz CT molecular complexity index is 401. The maximum atomic E-state index is 5.31. The van der Waals surface area contributed by atoms with Crippen molar-refractivity contribution < 1.29 is 4.74 Å². The maximum Gasteiger partial charge on any atom is 0.166 e. The minimum atomic E-state index is 0.259. The van der Waals surface area contributed by atoms with E-state index in [4.69, 9.17) is 17.0 Å². The van der Waals surface area contributed by atoms with E-state index in [0.717, 1.165) is 17.3 Å². The molecule has 1 aliphatic rings. The fourth-order valence-electron chi connectivity index (χ4n) is 1.87. The molecule has 0 aromatic heterocycles. The lowest BCUT2D eigenvalue weighted by atomic mass is 10.0. The topological polar surface area (TPSA) is 33.3 Å². The average molecular weight is 264 g/mol. The molecule has 0 aliphatic heterocycles. The van der Waals surface area contributed by atoms with Gasteiger partial charge in [-0.2, -0.15) is 0 Å². The highest BCUT2D eigenvalue weighted by Crippen LogP contribution is 2.21.